The van der Waals surface area contributed by atoms with Crippen molar-refractivity contribution in [2.24, 2.45) is 0 Å². The zero-order chi connectivity index (χ0) is 23.7. The van der Waals surface area contributed by atoms with Gasteiger partial charge in [0, 0.05) is 49.4 Å². The van der Waals surface area contributed by atoms with E-state index < -0.39 is 26.6 Å². The van der Waals surface area contributed by atoms with Gasteiger partial charge >= 0.3 is 0 Å². The highest BCUT2D eigenvalue weighted by atomic mass is 32.2. The molecule has 0 bridgehead atoms. The van der Waals surface area contributed by atoms with E-state index in [-0.39, 0.29) is 5.69 Å². The van der Waals surface area contributed by atoms with Crippen molar-refractivity contribution in [3.63, 3.8) is 0 Å². The monoisotopic (exact) mass is 482 g/mol. The Kier molecular flexibility index (Phi) is 5.80. The van der Waals surface area contributed by atoms with Gasteiger partial charge < -0.3 is 10.2 Å². The van der Waals surface area contributed by atoms with Gasteiger partial charge in [0.25, 0.3) is 10.0 Å². The largest absolute Gasteiger partial charge is 0.353 e. The van der Waals surface area contributed by atoms with Crippen molar-refractivity contribution in [3.05, 3.63) is 72.8 Å². The molecule has 1 fully saturated rings. The fourth-order valence-corrected chi connectivity index (χ4v) is 5.00. The molecule has 34 heavy (non-hydrogen) atoms. The van der Waals surface area contributed by atoms with E-state index in [1.54, 1.807) is 18.6 Å². The molecule has 0 amide bonds. The number of anilines is 2. The van der Waals surface area contributed by atoms with Gasteiger partial charge in [0.05, 0.1) is 17.4 Å². The second kappa shape index (κ2) is 8.92. The molecule has 0 atom stereocenters. The number of pyridine rings is 1. The molecular formula is C23H20F2N6O2S. The summed E-state index contributed by atoms with van der Waals surface area (Å²) < 4.78 is 54.8. The van der Waals surface area contributed by atoms with Crippen LogP contribution in [0.15, 0.2) is 66.1 Å². The summed E-state index contributed by atoms with van der Waals surface area (Å²) in [7, 11) is -4.28. The Balaban J connectivity index is 1.49. The lowest BCUT2D eigenvalue weighted by Gasteiger charge is -2.29. The lowest BCUT2D eigenvalue weighted by Crippen LogP contribution is -2.44. The number of piperazine rings is 1. The number of aromatic nitrogens is 3. The highest BCUT2D eigenvalue weighted by Crippen LogP contribution is 2.30. The molecule has 2 aromatic heterocycles. The number of hydrogen-bond donors (Lipinski definition) is 2. The van der Waals surface area contributed by atoms with Crippen molar-refractivity contribution < 1.29 is 17.2 Å². The average molecular weight is 483 g/mol. The molecule has 0 saturated carbocycles. The quantitative estimate of drug-likeness (QED) is 0.451. The normalized spacial score (nSPS) is 14.4. The van der Waals surface area contributed by atoms with E-state index >= 15 is 0 Å². The van der Waals surface area contributed by atoms with Gasteiger partial charge in [-0.05, 0) is 35.9 Å². The Morgan fingerprint density at radius 1 is 0.941 bits per heavy atom. The number of nitrogens with zero attached hydrogens (tertiary/aromatic N) is 4. The van der Waals surface area contributed by atoms with Crippen molar-refractivity contribution in [1.82, 2.24) is 20.3 Å². The lowest BCUT2D eigenvalue weighted by molar-refractivity contribution is 0.551. The smallest absolute Gasteiger partial charge is 0.264 e. The van der Waals surface area contributed by atoms with Gasteiger partial charge in [-0.15, -0.1) is 0 Å². The molecule has 11 heteroatoms. The number of rotatable bonds is 5. The van der Waals surface area contributed by atoms with Crippen LogP contribution in [0.3, 0.4) is 0 Å². The van der Waals surface area contributed by atoms with Crippen LogP contribution < -0.4 is 14.9 Å². The zero-order valence-electron chi connectivity index (χ0n) is 17.9. The summed E-state index contributed by atoms with van der Waals surface area (Å²) in [5.41, 5.74) is 2.38. The Morgan fingerprint density at radius 2 is 1.76 bits per heavy atom. The molecule has 2 N–H and O–H groups in total. The summed E-state index contributed by atoms with van der Waals surface area (Å²) in [6, 6.07) is 9.58. The number of halogens is 2. The fourth-order valence-electron chi connectivity index (χ4n) is 3.91. The maximum atomic E-state index is 14.0. The topological polar surface area (TPSA) is 100 Å². The van der Waals surface area contributed by atoms with Gasteiger partial charge in [-0.1, -0.05) is 6.07 Å². The minimum atomic E-state index is -4.28. The Hall–Kier alpha value is -3.70. The second-order valence-corrected chi connectivity index (χ2v) is 9.46. The average Bonchev–Trinajstić information content (AvgIpc) is 2.83. The van der Waals surface area contributed by atoms with Crippen molar-refractivity contribution in [1.29, 1.82) is 0 Å². The van der Waals surface area contributed by atoms with Crippen LogP contribution in [0.5, 0.6) is 0 Å². The van der Waals surface area contributed by atoms with Gasteiger partial charge in [-0.25, -0.2) is 27.2 Å². The SMILES string of the molecule is O=S(=O)(Nc1cncc(-c2ccc3ncnc(N4CCNCC4)c3c2)c1)c1ccc(F)cc1F. The summed E-state index contributed by atoms with van der Waals surface area (Å²) in [6.45, 7) is 3.39. The van der Waals surface area contributed by atoms with Gasteiger partial charge in [-0.2, -0.15) is 0 Å². The highest BCUT2D eigenvalue weighted by Gasteiger charge is 2.20. The Morgan fingerprint density at radius 3 is 2.56 bits per heavy atom. The van der Waals surface area contributed by atoms with Crippen LogP contribution in [-0.2, 0) is 10.0 Å². The first-order valence-electron chi connectivity index (χ1n) is 10.5. The van der Waals surface area contributed by atoms with Gasteiger partial charge in [0.15, 0.2) is 0 Å². The highest BCUT2D eigenvalue weighted by molar-refractivity contribution is 7.92. The lowest BCUT2D eigenvalue weighted by atomic mass is 10.0. The minimum absolute atomic E-state index is 0.146. The molecule has 0 radical (unpaired) electrons. The van der Waals surface area contributed by atoms with Crippen molar-refractivity contribution in [2.75, 3.05) is 35.8 Å². The third-order valence-corrected chi connectivity index (χ3v) is 6.95. The number of nitrogens with one attached hydrogen (secondary N) is 2. The molecule has 5 rings (SSSR count). The first-order valence-corrected chi connectivity index (χ1v) is 12.0. The molecule has 1 saturated heterocycles. The van der Waals surface area contributed by atoms with Crippen LogP contribution >= 0.6 is 0 Å². The summed E-state index contributed by atoms with van der Waals surface area (Å²) in [5.74, 6) is -1.20. The molecule has 0 unspecified atom stereocenters. The maximum absolute atomic E-state index is 14.0. The standard InChI is InChI=1S/C23H20F2N6O2S/c24-17-2-4-22(20(25)11-17)34(32,33)30-18-9-16(12-27-13-18)15-1-3-21-19(10-15)23(29-14-28-21)31-7-5-26-6-8-31/h1-4,9-14,26,30H,5-8H2. The minimum Gasteiger partial charge on any atom is -0.353 e. The van der Waals surface area contributed by atoms with Crippen molar-refractivity contribution in [3.8, 4) is 11.1 Å². The van der Waals surface area contributed by atoms with Crippen LogP contribution in [0.2, 0.25) is 0 Å². The third kappa shape index (κ3) is 4.39. The van der Waals surface area contributed by atoms with E-state index in [0.29, 0.717) is 11.6 Å². The van der Waals surface area contributed by atoms with Crippen LogP contribution in [-0.4, -0.2) is 49.5 Å². The van der Waals surface area contributed by atoms with Gasteiger partial charge in [0.2, 0.25) is 0 Å². The summed E-state index contributed by atoms with van der Waals surface area (Å²) in [6.07, 6.45) is 4.47. The summed E-state index contributed by atoms with van der Waals surface area (Å²) >= 11 is 0. The van der Waals surface area contributed by atoms with E-state index in [9.17, 15) is 17.2 Å². The molecule has 174 valence electrons. The van der Waals surface area contributed by atoms with E-state index in [1.807, 2.05) is 18.2 Å². The Bertz CT molecular complexity index is 1480. The molecule has 3 heterocycles. The molecule has 1 aliphatic rings. The Labute approximate surface area is 194 Å². The van der Waals surface area contributed by atoms with Gasteiger partial charge in [0.1, 0.15) is 28.7 Å². The van der Waals surface area contributed by atoms with E-state index in [2.05, 4.69) is 29.9 Å². The van der Waals surface area contributed by atoms with Crippen LogP contribution in [0.25, 0.3) is 22.0 Å². The third-order valence-electron chi connectivity index (χ3n) is 5.54. The zero-order valence-corrected chi connectivity index (χ0v) is 18.7. The predicted octanol–water partition coefficient (Wildman–Crippen LogP) is 3.18. The van der Waals surface area contributed by atoms with Crippen LogP contribution in [0, 0.1) is 11.6 Å². The van der Waals surface area contributed by atoms with Gasteiger partial charge in [-0.3, -0.25) is 9.71 Å². The van der Waals surface area contributed by atoms with E-state index in [1.165, 1.54) is 6.20 Å². The molecule has 1 aliphatic heterocycles. The number of hydrogen-bond acceptors (Lipinski definition) is 7. The van der Waals surface area contributed by atoms with Crippen molar-refractivity contribution >= 4 is 32.4 Å². The van der Waals surface area contributed by atoms with Crippen molar-refractivity contribution in [2.45, 2.75) is 4.90 Å². The molecule has 4 aromatic rings. The molecular weight excluding hydrogens is 462 g/mol. The summed E-state index contributed by atoms with van der Waals surface area (Å²) in [4.78, 5) is 14.5. The van der Waals surface area contributed by atoms with Crippen LogP contribution in [0.4, 0.5) is 20.3 Å². The molecule has 0 spiro atoms. The first kappa shape index (κ1) is 22.1. The van der Waals surface area contributed by atoms with E-state index in [4.69, 9.17) is 0 Å². The maximum Gasteiger partial charge on any atom is 0.264 e. The van der Waals surface area contributed by atoms with E-state index in [0.717, 1.165) is 60.6 Å². The van der Waals surface area contributed by atoms with Crippen LogP contribution in [0.1, 0.15) is 0 Å². The number of benzene rings is 2. The molecule has 0 aliphatic carbocycles. The molecule has 8 nitrogen and oxygen atoms in total. The number of sulfonamides is 1. The fraction of sp³-hybridized carbons (Fsp3) is 0.174. The molecule has 2 aromatic carbocycles. The summed E-state index contributed by atoms with van der Waals surface area (Å²) in [5, 5.41) is 4.20. The predicted molar refractivity (Wildman–Crippen MR) is 125 cm³/mol. The number of fused-ring (bicyclic) bond motifs is 1. The second-order valence-electron chi connectivity index (χ2n) is 7.81. The first-order chi connectivity index (χ1) is 16.4.